The van der Waals surface area contributed by atoms with E-state index in [1.165, 1.54) is 0 Å². The van der Waals surface area contributed by atoms with Crippen LogP contribution in [0.4, 0.5) is 10.5 Å². The van der Waals surface area contributed by atoms with E-state index in [1.54, 1.807) is 0 Å². The number of benzene rings is 2. The van der Waals surface area contributed by atoms with Crippen LogP contribution in [0, 0.1) is 0 Å². The lowest BCUT2D eigenvalue weighted by atomic mass is 9.90. The Kier molecular flexibility index (Phi) is 4.70. The van der Waals surface area contributed by atoms with Gasteiger partial charge in [0.1, 0.15) is 5.60 Å². The highest BCUT2D eigenvalue weighted by Crippen LogP contribution is 2.34. The van der Waals surface area contributed by atoms with Gasteiger partial charge in [0.05, 0.1) is 5.70 Å². The standard InChI is InChI=1S/C20H20BrN3O2/c21-16-7-4-8-17(13-16)22-19(25)24-11-9-20(10-12-24)14-18(23-26-20)15-5-2-1-3-6-15/h1-8,13-14,23H,9-12H2,(H,22,25). The number of hydroxylamine groups is 1. The minimum Gasteiger partial charge on any atom is -0.324 e. The Bertz CT molecular complexity index is 830. The van der Waals surface area contributed by atoms with Crippen LogP contribution in [0.2, 0.25) is 0 Å². The lowest BCUT2D eigenvalue weighted by molar-refractivity contribution is -0.0634. The Labute approximate surface area is 161 Å². The summed E-state index contributed by atoms with van der Waals surface area (Å²) in [6.07, 6.45) is 3.69. The summed E-state index contributed by atoms with van der Waals surface area (Å²) >= 11 is 3.42. The van der Waals surface area contributed by atoms with Gasteiger partial charge in [-0.2, -0.15) is 0 Å². The second kappa shape index (κ2) is 7.13. The van der Waals surface area contributed by atoms with E-state index >= 15 is 0 Å². The van der Waals surface area contributed by atoms with Crippen LogP contribution < -0.4 is 10.8 Å². The topological polar surface area (TPSA) is 53.6 Å². The normalized spacial score (nSPS) is 18.3. The zero-order valence-electron chi connectivity index (χ0n) is 14.2. The number of anilines is 1. The maximum absolute atomic E-state index is 12.5. The zero-order valence-corrected chi connectivity index (χ0v) is 15.8. The predicted octanol–water partition coefficient (Wildman–Crippen LogP) is 4.39. The summed E-state index contributed by atoms with van der Waals surface area (Å²) < 4.78 is 0.942. The molecule has 5 nitrogen and oxygen atoms in total. The highest BCUT2D eigenvalue weighted by molar-refractivity contribution is 9.10. The third kappa shape index (κ3) is 3.61. The number of amides is 2. The summed E-state index contributed by atoms with van der Waals surface area (Å²) in [6.45, 7) is 1.31. The fraction of sp³-hybridized carbons (Fsp3) is 0.250. The van der Waals surface area contributed by atoms with Crippen LogP contribution in [0.1, 0.15) is 18.4 Å². The number of hydrogen-bond acceptors (Lipinski definition) is 3. The Morgan fingerprint density at radius 2 is 1.88 bits per heavy atom. The number of carbonyl (C=O) groups is 1. The third-order valence-corrected chi connectivity index (χ3v) is 5.32. The van der Waals surface area contributed by atoms with Crippen LogP contribution in [-0.4, -0.2) is 29.6 Å². The first-order chi connectivity index (χ1) is 12.6. The molecule has 2 aliphatic rings. The van der Waals surface area contributed by atoms with Gasteiger partial charge in [0.2, 0.25) is 0 Å². The number of carbonyl (C=O) groups excluding carboxylic acids is 1. The van der Waals surface area contributed by atoms with Gasteiger partial charge >= 0.3 is 6.03 Å². The van der Waals surface area contributed by atoms with E-state index in [-0.39, 0.29) is 11.6 Å². The molecule has 0 aliphatic carbocycles. The Morgan fingerprint density at radius 3 is 2.62 bits per heavy atom. The van der Waals surface area contributed by atoms with Crippen LogP contribution in [0.15, 0.2) is 65.1 Å². The van der Waals surface area contributed by atoms with Crippen molar-refractivity contribution in [1.82, 2.24) is 10.4 Å². The molecule has 2 amide bonds. The Hall–Kier alpha value is -2.31. The second-order valence-electron chi connectivity index (χ2n) is 6.62. The van der Waals surface area contributed by atoms with E-state index in [4.69, 9.17) is 4.84 Å². The summed E-state index contributed by atoms with van der Waals surface area (Å²) in [6, 6.07) is 17.7. The molecule has 134 valence electrons. The monoisotopic (exact) mass is 413 g/mol. The Morgan fingerprint density at radius 1 is 1.12 bits per heavy atom. The fourth-order valence-electron chi connectivity index (χ4n) is 3.34. The molecule has 2 aromatic rings. The number of nitrogens with one attached hydrogen (secondary N) is 2. The smallest absolute Gasteiger partial charge is 0.321 e. The molecule has 0 atom stereocenters. The maximum Gasteiger partial charge on any atom is 0.321 e. The van der Waals surface area contributed by atoms with Crippen molar-refractivity contribution in [1.29, 1.82) is 0 Å². The van der Waals surface area contributed by atoms with Crippen molar-refractivity contribution in [3.63, 3.8) is 0 Å². The largest absolute Gasteiger partial charge is 0.324 e. The van der Waals surface area contributed by atoms with Crippen LogP contribution in [-0.2, 0) is 4.84 Å². The van der Waals surface area contributed by atoms with Crippen molar-refractivity contribution in [3.05, 3.63) is 70.7 Å². The Balaban J connectivity index is 1.38. The first kappa shape index (κ1) is 17.1. The molecule has 0 radical (unpaired) electrons. The van der Waals surface area contributed by atoms with Gasteiger partial charge in [-0.1, -0.05) is 52.3 Å². The molecule has 0 unspecified atom stereocenters. The molecule has 1 spiro atoms. The summed E-state index contributed by atoms with van der Waals surface area (Å²) in [5.74, 6) is 0. The van der Waals surface area contributed by atoms with E-state index < -0.39 is 0 Å². The van der Waals surface area contributed by atoms with Crippen molar-refractivity contribution in [2.45, 2.75) is 18.4 Å². The lowest BCUT2D eigenvalue weighted by Gasteiger charge is -2.36. The zero-order chi connectivity index (χ0) is 18.0. The number of nitrogens with zero attached hydrogens (tertiary/aromatic N) is 1. The van der Waals surface area contributed by atoms with Gasteiger partial charge in [-0.15, -0.1) is 0 Å². The van der Waals surface area contributed by atoms with Crippen LogP contribution >= 0.6 is 15.9 Å². The molecule has 4 rings (SSSR count). The molecule has 2 heterocycles. The average molecular weight is 414 g/mol. The molecule has 1 saturated heterocycles. The quantitative estimate of drug-likeness (QED) is 0.767. The van der Waals surface area contributed by atoms with Gasteiger partial charge < -0.3 is 10.2 Å². The van der Waals surface area contributed by atoms with Gasteiger partial charge in [-0.3, -0.25) is 10.3 Å². The van der Waals surface area contributed by atoms with Crippen molar-refractivity contribution in [2.75, 3.05) is 18.4 Å². The highest BCUT2D eigenvalue weighted by atomic mass is 79.9. The molecular weight excluding hydrogens is 394 g/mol. The predicted molar refractivity (Wildman–Crippen MR) is 105 cm³/mol. The van der Waals surface area contributed by atoms with E-state index in [0.717, 1.165) is 34.3 Å². The lowest BCUT2D eigenvalue weighted by Crippen LogP contribution is -2.48. The first-order valence-electron chi connectivity index (χ1n) is 8.67. The number of halogens is 1. The highest BCUT2D eigenvalue weighted by Gasteiger charge is 2.39. The first-order valence-corrected chi connectivity index (χ1v) is 9.47. The molecule has 1 fully saturated rings. The minimum atomic E-state index is -0.336. The number of urea groups is 1. The van der Waals surface area contributed by atoms with E-state index in [2.05, 4.69) is 44.9 Å². The van der Waals surface area contributed by atoms with Crippen molar-refractivity contribution in [2.24, 2.45) is 0 Å². The SMILES string of the molecule is O=C(Nc1cccc(Br)c1)N1CCC2(C=C(c3ccccc3)NO2)CC1. The number of hydrogen-bond donors (Lipinski definition) is 2. The molecule has 0 bridgehead atoms. The van der Waals surface area contributed by atoms with Crippen molar-refractivity contribution >= 4 is 33.3 Å². The van der Waals surface area contributed by atoms with E-state index in [1.807, 2.05) is 47.4 Å². The summed E-state index contributed by atoms with van der Waals surface area (Å²) in [5.41, 5.74) is 5.62. The average Bonchev–Trinajstić information content (AvgIpc) is 3.07. The van der Waals surface area contributed by atoms with Crippen LogP contribution in [0.25, 0.3) is 5.70 Å². The number of piperidine rings is 1. The van der Waals surface area contributed by atoms with Gasteiger partial charge in [-0.05, 0) is 29.8 Å². The van der Waals surface area contributed by atoms with Crippen LogP contribution in [0.5, 0.6) is 0 Å². The minimum absolute atomic E-state index is 0.0730. The van der Waals surface area contributed by atoms with Crippen molar-refractivity contribution < 1.29 is 9.63 Å². The molecule has 2 aliphatic heterocycles. The number of rotatable bonds is 2. The van der Waals surface area contributed by atoms with E-state index in [0.29, 0.717) is 13.1 Å². The summed E-state index contributed by atoms with van der Waals surface area (Å²) in [4.78, 5) is 20.2. The molecule has 6 heteroatoms. The third-order valence-electron chi connectivity index (χ3n) is 4.83. The number of likely N-dealkylation sites (tertiary alicyclic amines) is 1. The van der Waals surface area contributed by atoms with E-state index in [9.17, 15) is 4.79 Å². The molecular formula is C20H20BrN3O2. The fourth-order valence-corrected chi connectivity index (χ4v) is 3.74. The summed E-state index contributed by atoms with van der Waals surface area (Å²) in [5, 5.41) is 2.95. The molecule has 0 aromatic heterocycles. The van der Waals surface area contributed by atoms with Gasteiger partial charge in [0, 0.05) is 36.1 Å². The van der Waals surface area contributed by atoms with Gasteiger partial charge in [0.15, 0.2) is 0 Å². The van der Waals surface area contributed by atoms with Crippen molar-refractivity contribution in [3.8, 4) is 0 Å². The molecule has 2 N–H and O–H groups in total. The maximum atomic E-state index is 12.5. The second-order valence-corrected chi connectivity index (χ2v) is 7.54. The van der Waals surface area contributed by atoms with Gasteiger partial charge in [0.25, 0.3) is 0 Å². The summed E-state index contributed by atoms with van der Waals surface area (Å²) in [7, 11) is 0. The van der Waals surface area contributed by atoms with Gasteiger partial charge in [-0.25, -0.2) is 4.79 Å². The molecule has 26 heavy (non-hydrogen) atoms. The molecule has 2 aromatic carbocycles. The molecule has 0 saturated carbocycles. The van der Waals surface area contributed by atoms with Crippen LogP contribution in [0.3, 0.4) is 0 Å².